The topological polar surface area (TPSA) is 108 Å². The Balaban J connectivity index is 3.98. The SMILES string of the molecule is CCCCCCC/C=C\C/C=C\CCCCCCCCCCCCCCCCCCCCCCCCCCCCCC(=O)NC(COP(=O)([O-])OCC[N+](C)(C)C)C(O)/C=C/CC/C=C/CC/C=C/CCCCCCCCCCCCCCCCCCCCCCC. The molecule has 0 heterocycles. The fraction of sp³-hybridized carbons (Fsp3) is 0.867. The number of quaternary nitrogens is 1. The van der Waals surface area contributed by atoms with Gasteiger partial charge in [0.05, 0.1) is 39.9 Å². The number of aliphatic hydroxyl groups is 1. The molecule has 0 spiro atoms. The number of aliphatic hydroxyl groups excluding tert-OH is 1. The number of likely N-dealkylation sites (N-methyl/N-ethyl adjacent to an activating group) is 1. The van der Waals surface area contributed by atoms with Crippen molar-refractivity contribution in [1.82, 2.24) is 5.32 Å². The minimum Gasteiger partial charge on any atom is -0.756 e. The molecule has 0 saturated heterocycles. The molecule has 2 N–H and O–H groups in total. The van der Waals surface area contributed by atoms with Gasteiger partial charge in [0.2, 0.25) is 5.91 Å². The maximum atomic E-state index is 13.1. The van der Waals surface area contributed by atoms with Crippen molar-refractivity contribution in [2.45, 2.75) is 424 Å². The lowest BCUT2D eigenvalue weighted by atomic mass is 10.0. The van der Waals surface area contributed by atoms with Gasteiger partial charge >= 0.3 is 0 Å². The molecular weight excluding hydrogens is 1150 g/mol. The summed E-state index contributed by atoms with van der Waals surface area (Å²) in [6.07, 6.45) is 103. The second-order valence-electron chi connectivity index (χ2n) is 29.1. The van der Waals surface area contributed by atoms with Crippen LogP contribution >= 0.6 is 7.82 Å². The van der Waals surface area contributed by atoms with E-state index in [-0.39, 0.29) is 12.5 Å². The summed E-state index contributed by atoms with van der Waals surface area (Å²) < 4.78 is 23.5. The van der Waals surface area contributed by atoms with E-state index in [9.17, 15) is 19.4 Å². The van der Waals surface area contributed by atoms with Gasteiger partial charge in [-0.1, -0.05) is 389 Å². The number of hydrogen-bond acceptors (Lipinski definition) is 6. The van der Waals surface area contributed by atoms with Crippen molar-refractivity contribution in [2.75, 3.05) is 40.9 Å². The third kappa shape index (κ3) is 75.6. The number of allylic oxidation sites excluding steroid dienone is 9. The summed E-state index contributed by atoms with van der Waals surface area (Å²) in [5, 5.41) is 14.0. The third-order valence-corrected chi connectivity index (χ3v) is 19.6. The van der Waals surface area contributed by atoms with Crippen LogP contribution in [-0.4, -0.2) is 68.5 Å². The second-order valence-corrected chi connectivity index (χ2v) is 30.5. The van der Waals surface area contributed by atoms with Gasteiger partial charge in [-0.05, 0) is 77.0 Å². The first-order chi connectivity index (χ1) is 45.0. The van der Waals surface area contributed by atoms with Crippen molar-refractivity contribution >= 4 is 13.7 Å². The van der Waals surface area contributed by atoms with Crippen molar-refractivity contribution in [3.8, 4) is 0 Å². The van der Waals surface area contributed by atoms with Gasteiger partial charge in [0, 0.05) is 6.42 Å². The minimum atomic E-state index is -4.62. The zero-order valence-corrected chi connectivity index (χ0v) is 63.2. The zero-order chi connectivity index (χ0) is 66.9. The van der Waals surface area contributed by atoms with E-state index in [1.165, 1.54) is 340 Å². The molecule has 1 amide bonds. The molecule has 0 aliphatic carbocycles. The number of amides is 1. The number of hydrogen-bond donors (Lipinski definition) is 2. The molecule has 9 heteroatoms. The van der Waals surface area contributed by atoms with Crippen LogP contribution < -0.4 is 10.2 Å². The predicted octanol–water partition coefficient (Wildman–Crippen LogP) is 26.0. The van der Waals surface area contributed by atoms with Gasteiger partial charge in [0.25, 0.3) is 7.82 Å². The maximum Gasteiger partial charge on any atom is 0.268 e. The lowest BCUT2D eigenvalue weighted by Gasteiger charge is -2.29. The van der Waals surface area contributed by atoms with Gasteiger partial charge in [-0.15, -0.1) is 0 Å². The number of rotatable bonds is 76. The fourth-order valence-electron chi connectivity index (χ4n) is 12.4. The van der Waals surface area contributed by atoms with Crippen LogP contribution in [0.1, 0.15) is 412 Å². The molecule has 92 heavy (non-hydrogen) atoms. The molecule has 0 aromatic carbocycles. The molecule has 0 aliphatic rings. The van der Waals surface area contributed by atoms with Crippen LogP contribution in [0.4, 0.5) is 0 Å². The van der Waals surface area contributed by atoms with Crippen molar-refractivity contribution in [2.24, 2.45) is 0 Å². The minimum absolute atomic E-state index is 0.00816. The standard InChI is InChI=1S/C83H159N2O6P/c1-6-8-10-12-14-16-18-20-22-24-26-28-30-32-34-36-38-39-40-41-42-43-44-45-47-49-51-53-55-57-59-61-63-65-67-69-71-73-75-77-83(87)84-81(80-91-92(88,89)90-79-78-85(3,4)5)82(86)76-74-72-70-68-66-64-62-60-58-56-54-52-50-48-46-37-35-33-31-29-27-25-23-21-19-17-15-13-11-9-7-2/h18,20,24,26,58,60,66,68,74,76,81-82,86H,6-17,19,21-23,25,27-57,59,61-65,67,69-73,75,77-80H2,1-5H3,(H-,84,87,88,89)/b20-18-,26-24-,60-58+,68-66+,76-74+. The van der Waals surface area contributed by atoms with E-state index >= 15 is 0 Å². The van der Waals surface area contributed by atoms with Gasteiger partial charge in [-0.2, -0.15) is 0 Å². The fourth-order valence-corrected chi connectivity index (χ4v) is 13.1. The summed E-state index contributed by atoms with van der Waals surface area (Å²) in [4.78, 5) is 25.7. The number of nitrogens with zero attached hydrogens (tertiary/aromatic N) is 1. The quantitative estimate of drug-likeness (QED) is 0.0272. The Bertz CT molecular complexity index is 1690. The summed E-state index contributed by atoms with van der Waals surface area (Å²) in [5.74, 6) is -0.204. The van der Waals surface area contributed by atoms with Crippen molar-refractivity contribution in [1.29, 1.82) is 0 Å². The number of unbranched alkanes of at least 4 members (excludes halogenated alkanes) is 55. The van der Waals surface area contributed by atoms with Crippen LogP contribution in [0.2, 0.25) is 0 Å². The normalized spacial score (nSPS) is 13.8. The molecule has 8 nitrogen and oxygen atoms in total. The van der Waals surface area contributed by atoms with Crippen molar-refractivity contribution < 1.29 is 32.9 Å². The van der Waals surface area contributed by atoms with Crippen LogP contribution in [0.3, 0.4) is 0 Å². The molecular formula is C83H159N2O6P. The Labute approximate surface area is 574 Å². The van der Waals surface area contributed by atoms with Gasteiger partial charge in [0.1, 0.15) is 13.2 Å². The smallest absolute Gasteiger partial charge is 0.268 e. The average Bonchev–Trinajstić information content (AvgIpc) is 2.63. The summed E-state index contributed by atoms with van der Waals surface area (Å²) in [5.41, 5.74) is 0. The van der Waals surface area contributed by atoms with E-state index in [0.29, 0.717) is 17.4 Å². The summed E-state index contributed by atoms with van der Waals surface area (Å²) >= 11 is 0. The highest BCUT2D eigenvalue weighted by molar-refractivity contribution is 7.45. The molecule has 0 aromatic rings. The number of carbonyl (C=O) groups is 1. The van der Waals surface area contributed by atoms with E-state index in [0.717, 1.165) is 51.4 Å². The highest BCUT2D eigenvalue weighted by atomic mass is 31.2. The van der Waals surface area contributed by atoms with Gasteiger partial charge < -0.3 is 28.8 Å². The average molecular weight is 1310 g/mol. The molecule has 0 aliphatic heterocycles. The van der Waals surface area contributed by atoms with Crippen LogP contribution in [0.25, 0.3) is 0 Å². The van der Waals surface area contributed by atoms with E-state index < -0.39 is 26.6 Å². The van der Waals surface area contributed by atoms with Crippen LogP contribution in [0.15, 0.2) is 60.8 Å². The largest absolute Gasteiger partial charge is 0.756 e. The number of phosphoric acid groups is 1. The Morgan fingerprint density at radius 3 is 0.946 bits per heavy atom. The number of nitrogens with one attached hydrogen (secondary N) is 1. The number of phosphoric ester groups is 1. The first kappa shape index (κ1) is 90.2. The lowest BCUT2D eigenvalue weighted by molar-refractivity contribution is -0.870. The molecule has 0 rings (SSSR count). The van der Waals surface area contributed by atoms with Crippen LogP contribution in [-0.2, 0) is 18.4 Å². The first-order valence-corrected chi connectivity index (χ1v) is 42.1. The summed E-state index contributed by atoms with van der Waals surface area (Å²) in [6.45, 7) is 4.67. The molecule has 0 radical (unpaired) electrons. The van der Waals surface area contributed by atoms with Crippen LogP contribution in [0, 0.1) is 0 Å². The van der Waals surface area contributed by atoms with Gasteiger partial charge in [-0.3, -0.25) is 9.36 Å². The number of carbonyl (C=O) groups excluding carboxylic acids is 1. The van der Waals surface area contributed by atoms with Crippen molar-refractivity contribution in [3.05, 3.63) is 60.8 Å². The first-order valence-electron chi connectivity index (χ1n) is 40.7. The highest BCUT2D eigenvalue weighted by Gasteiger charge is 2.23. The highest BCUT2D eigenvalue weighted by Crippen LogP contribution is 2.38. The third-order valence-electron chi connectivity index (χ3n) is 18.7. The molecule has 3 atom stereocenters. The molecule has 0 fully saturated rings. The maximum absolute atomic E-state index is 13.1. The molecule has 0 aromatic heterocycles. The van der Waals surface area contributed by atoms with Gasteiger partial charge in [0.15, 0.2) is 0 Å². The van der Waals surface area contributed by atoms with E-state index in [2.05, 4.69) is 67.8 Å². The van der Waals surface area contributed by atoms with E-state index in [1.54, 1.807) is 6.08 Å². The van der Waals surface area contributed by atoms with E-state index in [1.807, 2.05) is 27.2 Å². The molecule has 0 bridgehead atoms. The Hall–Kier alpha value is -1.80. The Morgan fingerprint density at radius 1 is 0.380 bits per heavy atom. The predicted molar refractivity (Wildman–Crippen MR) is 404 cm³/mol. The molecule has 3 unspecified atom stereocenters. The zero-order valence-electron chi connectivity index (χ0n) is 62.3. The molecule has 542 valence electrons. The lowest BCUT2D eigenvalue weighted by Crippen LogP contribution is -2.45. The Morgan fingerprint density at radius 2 is 0.641 bits per heavy atom. The van der Waals surface area contributed by atoms with Gasteiger partial charge in [-0.25, -0.2) is 0 Å². The second kappa shape index (κ2) is 73.4. The summed E-state index contributed by atoms with van der Waals surface area (Å²) in [7, 11) is 1.25. The van der Waals surface area contributed by atoms with E-state index in [4.69, 9.17) is 9.05 Å². The monoisotopic (exact) mass is 1310 g/mol. The van der Waals surface area contributed by atoms with Crippen LogP contribution in [0.5, 0.6) is 0 Å². The molecule has 0 saturated carbocycles. The summed E-state index contributed by atoms with van der Waals surface area (Å²) in [6, 6.07) is -0.912. The van der Waals surface area contributed by atoms with Crippen molar-refractivity contribution in [3.63, 3.8) is 0 Å². The Kier molecular flexibility index (Phi) is 72.0.